The number of allylic oxidation sites excluding steroid dienone is 1. The second kappa shape index (κ2) is 14.6. The molecular formula is C29H27F11N4O3. The Kier molecular flexibility index (Phi) is 11.5. The molecule has 1 heterocycles. The molecular weight excluding hydrogens is 661 g/mol. The smallest absolute Gasteiger partial charge is 0.369 e. The summed E-state index contributed by atoms with van der Waals surface area (Å²) in [6.45, 7) is 1.84. The van der Waals surface area contributed by atoms with Gasteiger partial charge in [0.2, 0.25) is 0 Å². The summed E-state index contributed by atoms with van der Waals surface area (Å²) in [6, 6.07) is 7.01. The molecule has 0 fully saturated rings. The van der Waals surface area contributed by atoms with Crippen molar-refractivity contribution in [3.8, 4) is 0 Å². The summed E-state index contributed by atoms with van der Waals surface area (Å²) in [6.07, 6.45) is -15.8. The van der Waals surface area contributed by atoms with Crippen molar-refractivity contribution in [3.63, 3.8) is 0 Å². The van der Waals surface area contributed by atoms with Crippen LogP contribution in [0.2, 0.25) is 0 Å². The van der Waals surface area contributed by atoms with E-state index < -0.39 is 72.8 Å². The van der Waals surface area contributed by atoms with Crippen molar-refractivity contribution < 1.29 is 63.0 Å². The van der Waals surface area contributed by atoms with Gasteiger partial charge in [-0.3, -0.25) is 14.7 Å². The standard InChI is InChI=1S/C29H27F11N4O3/c1-17(27(31,32)33)41-44(18(2)28(34,35)36)14-13-42-12-4-6-22-20(5-3-7-24(22)42)16-43(26(46)29(37,38)39)21-10-8-19(23(30)15-21)9-11-25(45)47-40/h3,5,7-8,10,15H,2,4,6,9,11-14,16H2,1H3/b41-17+. The Bertz CT molecular complexity index is 1500. The number of alkyl halides is 9. The zero-order valence-electron chi connectivity index (χ0n) is 24.5. The molecule has 0 N–H and O–H groups in total. The maximum absolute atomic E-state index is 14.8. The number of hydrogen-bond donors (Lipinski definition) is 0. The molecule has 2 aromatic carbocycles. The molecule has 0 aliphatic carbocycles. The van der Waals surface area contributed by atoms with Crippen molar-refractivity contribution in [2.75, 3.05) is 29.4 Å². The van der Waals surface area contributed by atoms with E-state index in [9.17, 15) is 58.0 Å². The molecule has 1 aliphatic heterocycles. The molecule has 3 rings (SSSR count). The molecule has 1 amide bonds. The number of hydrogen-bond acceptors (Lipinski definition) is 6. The molecule has 0 atom stereocenters. The SMILES string of the molecule is C=C(N(CCN1CCCc2c(CN(C(=O)C(F)(F)F)c3ccc(CCC(=O)OF)c(F)c3)cccc21)/N=C(\C)C(F)(F)F)C(F)(F)F. The fraction of sp³-hybridized carbons (Fsp3) is 0.414. The summed E-state index contributed by atoms with van der Waals surface area (Å²) in [5, 5.41) is 3.17. The predicted molar refractivity (Wildman–Crippen MR) is 147 cm³/mol. The van der Waals surface area contributed by atoms with E-state index in [0.29, 0.717) is 30.7 Å². The van der Waals surface area contributed by atoms with Gasteiger partial charge in [0, 0.05) is 29.0 Å². The number of nitrogens with zero attached hydrogens (tertiary/aromatic N) is 4. The quantitative estimate of drug-likeness (QED) is 0.140. The highest BCUT2D eigenvalue weighted by Gasteiger charge is 2.44. The van der Waals surface area contributed by atoms with Crippen molar-refractivity contribution in [1.82, 2.24) is 5.01 Å². The molecule has 47 heavy (non-hydrogen) atoms. The molecule has 0 bridgehead atoms. The van der Waals surface area contributed by atoms with Gasteiger partial charge in [0.05, 0.1) is 19.5 Å². The molecule has 0 aromatic heterocycles. The molecule has 0 saturated carbocycles. The van der Waals surface area contributed by atoms with Crippen molar-refractivity contribution >= 4 is 29.0 Å². The lowest BCUT2D eigenvalue weighted by molar-refractivity contribution is -0.183. The van der Waals surface area contributed by atoms with Gasteiger partial charge < -0.3 is 9.80 Å². The lowest BCUT2D eigenvalue weighted by atomic mass is 9.95. The van der Waals surface area contributed by atoms with Crippen LogP contribution in [0.15, 0.2) is 53.8 Å². The fourth-order valence-corrected chi connectivity index (χ4v) is 4.78. The number of benzene rings is 2. The number of carbonyl (C=O) groups excluding carboxylic acids is 2. The van der Waals surface area contributed by atoms with Gasteiger partial charge in [0.15, 0.2) is 0 Å². The highest BCUT2D eigenvalue weighted by molar-refractivity contribution is 5.97. The van der Waals surface area contributed by atoms with Gasteiger partial charge in [-0.2, -0.15) is 44.6 Å². The molecule has 0 spiro atoms. The Labute approximate surface area is 260 Å². The number of hydrazone groups is 1. The van der Waals surface area contributed by atoms with Crippen LogP contribution in [0.25, 0.3) is 0 Å². The van der Waals surface area contributed by atoms with Crippen molar-refractivity contribution in [3.05, 3.63) is 71.2 Å². The summed E-state index contributed by atoms with van der Waals surface area (Å²) in [5.41, 5.74) is -2.91. The summed E-state index contributed by atoms with van der Waals surface area (Å²) >= 11 is 0. The molecule has 0 unspecified atom stereocenters. The minimum absolute atomic E-state index is 0.0867. The van der Waals surface area contributed by atoms with Crippen molar-refractivity contribution in [2.45, 2.75) is 57.7 Å². The molecule has 0 radical (unpaired) electrons. The lowest BCUT2D eigenvalue weighted by Gasteiger charge is -2.35. The second-order valence-corrected chi connectivity index (χ2v) is 10.4. The summed E-state index contributed by atoms with van der Waals surface area (Å²) < 4.78 is 147. The summed E-state index contributed by atoms with van der Waals surface area (Å²) in [4.78, 5) is 28.3. The van der Waals surface area contributed by atoms with Crippen LogP contribution in [0.4, 0.5) is 59.8 Å². The van der Waals surface area contributed by atoms with E-state index in [1.54, 1.807) is 0 Å². The van der Waals surface area contributed by atoms with E-state index in [1.807, 2.05) is 0 Å². The van der Waals surface area contributed by atoms with Crippen LogP contribution in [0.1, 0.15) is 36.5 Å². The van der Waals surface area contributed by atoms with E-state index in [2.05, 4.69) is 16.6 Å². The Balaban J connectivity index is 1.93. The van der Waals surface area contributed by atoms with Crippen LogP contribution >= 0.6 is 0 Å². The van der Waals surface area contributed by atoms with E-state index in [4.69, 9.17) is 0 Å². The molecule has 2 aromatic rings. The number of anilines is 2. The Morgan fingerprint density at radius 2 is 1.66 bits per heavy atom. The lowest BCUT2D eigenvalue weighted by Crippen LogP contribution is -2.41. The minimum Gasteiger partial charge on any atom is -0.369 e. The first-order valence-electron chi connectivity index (χ1n) is 13.7. The second-order valence-electron chi connectivity index (χ2n) is 10.4. The van der Waals surface area contributed by atoms with Gasteiger partial charge >= 0.3 is 30.4 Å². The number of aryl methyl sites for hydroxylation is 1. The van der Waals surface area contributed by atoms with E-state index >= 15 is 0 Å². The van der Waals surface area contributed by atoms with Crippen LogP contribution in [0.5, 0.6) is 0 Å². The van der Waals surface area contributed by atoms with Crippen LogP contribution in [-0.4, -0.2) is 60.8 Å². The number of halogens is 11. The third kappa shape index (κ3) is 9.57. The third-order valence-electron chi connectivity index (χ3n) is 7.19. The molecule has 1 aliphatic rings. The van der Waals surface area contributed by atoms with E-state index in [0.717, 1.165) is 12.1 Å². The highest BCUT2D eigenvalue weighted by Crippen LogP contribution is 2.34. The van der Waals surface area contributed by atoms with Gasteiger partial charge in [0.1, 0.15) is 17.2 Å². The monoisotopic (exact) mass is 688 g/mol. The van der Waals surface area contributed by atoms with Gasteiger partial charge in [-0.25, -0.2) is 9.18 Å². The van der Waals surface area contributed by atoms with Crippen LogP contribution in [-0.2, 0) is 33.9 Å². The van der Waals surface area contributed by atoms with Gasteiger partial charge in [-0.15, -0.1) is 0 Å². The highest BCUT2D eigenvalue weighted by atomic mass is 19.4. The van der Waals surface area contributed by atoms with Crippen LogP contribution < -0.4 is 9.80 Å². The van der Waals surface area contributed by atoms with Gasteiger partial charge in [-0.1, -0.05) is 24.8 Å². The number of fused-ring (bicyclic) bond motifs is 1. The van der Waals surface area contributed by atoms with Crippen molar-refractivity contribution in [1.29, 1.82) is 0 Å². The fourth-order valence-electron chi connectivity index (χ4n) is 4.78. The Morgan fingerprint density at radius 1 is 0.979 bits per heavy atom. The third-order valence-corrected chi connectivity index (χ3v) is 7.19. The summed E-state index contributed by atoms with van der Waals surface area (Å²) in [5.74, 6) is -4.72. The first-order valence-corrected chi connectivity index (χ1v) is 13.7. The van der Waals surface area contributed by atoms with Gasteiger partial charge in [-0.05, 0) is 61.1 Å². The zero-order chi connectivity index (χ0) is 35.3. The maximum atomic E-state index is 14.8. The number of rotatable bonds is 11. The Morgan fingerprint density at radius 3 is 2.23 bits per heavy atom. The van der Waals surface area contributed by atoms with E-state index in [1.165, 1.54) is 23.1 Å². The minimum atomic E-state index is -5.39. The normalized spacial score (nSPS) is 14.0. The average Bonchev–Trinajstić information content (AvgIpc) is 2.98. The average molecular weight is 689 g/mol. The first kappa shape index (κ1) is 37.1. The largest absolute Gasteiger partial charge is 0.471 e. The van der Waals surface area contributed by atoms with Crippen LogP contribution in [0.3, 0.4) is 0 Å². The van der Waals surface area contributed by atoms with E-state index in [-0.39, 0.29) is 47.0 Å². The summed E-state index contributed by atoms with van der Waals surface area (Å²) in [7, 11) is 0. The molecule has 258 valence electrons. The maximum Gasteiger partial charge on any atom is 0.471 e. The first-order chi connectivity index (χ1) is 21.7. The molecule has 18 heteroatoms. The number of amides is 1. The molecule has 7 nitrogen and oxygen atoms in total. The van der Waals surface area contributed by atoms with Gasteiger partial charge in [0.25, 0.3) is 0 Å². The Hall–Kier alpha value is -4.38. The topological polar surface area (TPSA) is 65.5 Å². The van der Waals surface area contributed by atoms with Crippen molar-refractivity contribution in [2.24, 2.45) is 5.10 Å². The molecule has 0 saturated heterocycles. The zero-order valence-corrected chi connectivity index (χ0v) is 24.5. The number of carbonyl (C=O) groups is 2. The predicted octanol–water partition coefficient (Wildman–Crippen LogP) is 7.35. The van der Waals surface area contributed by atoms with Crippen LogP contribution in [0, 0.1) is 5.82 Å².